The Kier molecular flexibility index (Phi) is 5.96. The lowest BCUT2D eigenvalue weighted by atomic mass is 10.1. The van der Waals surface area contributed by atoms with Crippen molar-refractivity contribution in [1.82, 2.24) is 28.7 Å². The summed E-state index contributed by atoms with van der Waals surface area (Å²) in [5.41, 5.74) is 4.33. The van der Waals surface area contributed by atoms with E-state index >= 15 is 0 Å². The monoisotopic (exact) mass is 529 g/mol. The van der Waals surface area contributed by atoms with Crippen molar-refractivity contribution in [1.29, 1.82) is 0 Å². The van der Waals surface area contributed by atoms with Gasteiger partial charge in [-0.25, -0.2) is 27.3 Å². The zero-order chi connectivity index (χ0) is 26.4. The van der Waals surface area contributed by atoms with E-state index in [2.05, 4.69) is 21.9 Å². The van der Waals surface area contributed by atoms with Crippen LogP contribution in [0.1, 0.15) is 12.5 Å². The largest absolute Gasteiger partial charge is 0.377 e. The van der Waals surface area contributed by atoms with Crippen LogP contribution < -0.4 is 4.90 Å². The molecule has 1 aromatic carbocycles. The molecule has 10 nitrogen and oxygen atoms in total. The van der Waals surface area contributed by atoms with Gasteiger partial charge in [0.15, 0.2) is 5.65 Å². The predicted molar refractivity (Wildman–Crippen MR) is 144 cm³/mol. The van der Waals surface area contributed by atoms with Crippen molar-refractivity contribution in [3.05, 3.63) is 72.7 Å². The average Bonchev–Trinajstić information content (AvgIpc) is 3.55. The van der Waals surface area contributed by atoms with Gasteiger partial charge in [-0.2, -0.15) is 5.10 Å². The van der Waals surface area contributed by atoms with Gasteiger partial charge in [0.05, 0.1) is 41.2 Å². The van der Waals surface area contributed by atoms with Crippen LogP contribution in [0.2, 0.25) is 0 Å². The van der Waals surface area contributed by atoms with E-state index in [1.807, 2.05) is 32.2 Å². The first-order valence-corrected chi connectivity index (χ1v) is 13.8. The maximum absolute atomic E-state index is 13.5. The lowest BCUT2D eigenvalue weighted by molar-refractivity contribution is 0.0981. The van der Waals surface area contributed by atoms with E-state index in [-0.39, 0.29) is 10.9 Å². The molecular formula is C27H27N7O3S. The third-order valence-electron chi connectivity index (χ3n) is 6.83. The fraction of sp³-hybridized carbons (Fsp3) is 0.259. The number of benzene rings is 1. The molecule has 1 atom stereocenters. The summed E-state index contributed by atoms with van der Waals surface area (Å²) >= 11 is 0. The van der Waals surface area contributed by atoms with Gasteiger partial charge in [-0.05, 0) is 50.2 Å². The topological polar surface area (TPSA) is 108 Å². The number of hydrogen-bond donors (Lipinski definition) is 0. The van der Waals surface area contributed by atoms with Crippen LogP contribution >= 0.6 is 0 Å². The Balaban J connectivity index is 1.52. The van der Waals surface area contributed by atoms with E-state index < -0.39 is 10.0 Å². The Morgan fingerprint density at radius 1 is 1.00 bits per heavy atom. The van der Waals surface area contributed by atoms with E-state index in [4.69, 9.17) is 14.7 Å². The first-order chi connectivity index (χ1) is 18.3. The number of fused-ring (bicyclic) bond motifs is 1. The molecule has 0 saturated carbocycles. The summed E-state index contributed by atoms with van der Waals surface area (Å²) < 4.78 is 35.6. The summed E-state index contributed by atoms with van der Waals surface area (Å²) in [5, 5.41) is 4.99. The average molecular weight is 530 g/mol. The number of aromatic nitrogens is 6. The highest BCUT2D eigenvalue weighted by Gasteiger charge is 2.25. The summed E-state index contributed by atoms with van der Waals surface area (Å²) in [6, 6.07) is 14.3. The summed E-state index contributed by atoms with van der Waals surface area (Å²) in [5.74, 6) is 0.589. The maximum atomic E-state index is 13.5. The summed E-state index contributed by atoms with van der Waals surface area (Å²) in [7, 11) is -1.96. The highest BCUT2D eigenvalue weighted by molar-refractivity contribution is 7.90. The normalized spacial score (nSPS) is 16.3. The van der Waals surface area contributed by atoms with Crippen LogP contribution in [-0.4, -0.2) is 62.9 Å². The van der Waals surface area contributed by atoms with Crippen LogP contribution in [0, 0.1) is 6.92 Å². The standard InChI is InChI=1S/C27H27N7O3S/c1-18-4-6-20(7-5-18)38(35,36)34-13-10-22-21(8-11-28-26(22)34)23-16-24(25-9-12-29-32(25)3)31-27(30-23)33-14-15-37-17-19(33)2/h4-13,16,19H,14-15,17H2,1-3H3/t19-/m1/s1. The number of hydrogen-bond acceptors (Lipinski definition) is 8. The number of anilines is 1. The van der Waals surface area contributed by atoms with Gasteiger partial charge in [0.2, 0.25) is 5.95 Å². The first kappa shape index (κ1) is 24.3. The van der Waals surface area contributed by atoms with E-state index in [0.29, 0.717) is 42.4 Å². The molecule has 1 aliphatic rings. The Bertz CT molecular complexity index is 1740. The fourth-order valence-electron chi connectivity index (χ4n) is 4.74. The van der Waals surface area contributed by atoms with Gasteiger partial charge in [-0.15, -0.1) is 0 Å². The minimum atomic E-state index is -3.83. The molecule has 0 unspecified atom stereocenters. The number of aryl methyl sites for hydroxylation is 2. The highest BCUT2D eigenvalue weighted by Crippen LogP contribution is 2.32. The zero-order valence-electron chi connectivity index (χ0n) is 21.3. The quantitative estimate of drug-likeness (QED) is 0.339. The third kappa shape index (κ3) is 4.13. The fourth-order valence-corrected chi connectivity index (χ4v) is 6.04. The highest BCUT2D eigenvalue weighted by atomic mass is 32.2. The van der Waals surface area contributed by atoms with Crippen LogP contribution in [0.15, 0.2) is 72.0 Å². The smallest absolute Gasteiger partial charge is 0.269 e. The molecule has 194 valence electrons. The molecule has 6 rings (SSSR count). The van der Waals surface area contributed by atoms with Crippen LogP contribution in [0.3, 0.4) is 0 Å². The number of ether oxygens (including phenoxy) is 1. The van der Waals surface area contributed by atoms with Crippen molar-refractivity contribution < 1.29 is 13.2 Å². The SMILES string of the molecule is Cc1ccc(S(=O)(=O)n2ccc3c(-c4cc(-c5ccnn5C)nc(N5CCOC[C@H]5C)n4)ccnc32)cc1. The zero-order valence-corrected chi connectivity index (χ0v) is 22.1. The summed E-state index contributed by atoms with van der Waals surface area (Å²) in [4.78, 5) is 16.6. The minimum Gasteiger partial charge on any atom is -0.377 e. The second-order valence-corrected chi connectivity index (χ2v) is 11.2. The lowest BCUT2D eigenvalue weighted by Gasteiger charge is -2.33. The molecule has 1 aliphatic heterocycles. The second kappa shape index (κ2) is 9.34. The molecule has 0 amide bonds. The maximum Gasteiger partial charge on any atom is 0.269 e. The number of pyridine rings is 1. The van der Waals surface area contributed by atoms with Crippen molar-refractivity contribution in [3.8, 4) is 22.6 Å². The molecule has 0 N–H and O–H groups in total. The van der Waals surface area contributed by atoms with Crippen LogP contribution in [-0.2, 0) is 21.8 Å². The number of nitrogens with zero attached hydrogens (tertiary/aromatic N) is 7. The van der Waals surface area contributed by atoms with E-state index in [1.54, 1.807) is 53.6 Å². The van der Waals surface area contributed by atoms with Crippen LogP contribution in [0.5, 0.6) is 0 Å². The van der Waals surface area contributed by atoms with Crippen molar-refractivity contribution in [2.45, 2.75) is 24.8 Å². The molecule has 38 heavy (non-hydrogen) atoms. The van der Waals surface area contributed by atoms with Crippen molar-refractivity contribution in [2.75, 3.05) is 24.7 Å². The molecule has 0 spiro atoms. The lowest BCUT2D eigenvalue weighted by Crippen LogP contribution is -2.44. The molecule has 0 bridgehead atoms. The molecule has 0 radical (unpaired) electrons. The summed E-state index contributed by atoms with van der Waals surface area (Å²) in [6.07, 6.45) is 4.89. The number of rotatable bonds is 5. The van der Waals surface area contributed by atoms with E-state index in [0.717, 1.165) is 22.5 Å². The van der Waals surface area contributed by atoms with Crippen molar-refractivity contribution in [2.24, 2.45) is 7.05 Å². The van der Waals surface area contributed by atoms with Gasteiger partial charge in [0.1, 0.15) is 0 Å². The second-order valence-electron chi connectivity index (χ2n) is 9.42. The molecule has 1 saturated heterocycles. The summed E-state index contributed by atoms with van der Waals surface area (Å²) in [6.45, 7) is 5.86. The first-order valence-electron chi connectivity index (χ1n) is 12.3. The van der Waals surface area contributed by atoms with Gasteiger partial charge < -0.3 is 9.64 Å². The molecule has 4 aromatic heterocycles. The third-order valence-corrected chi connectivity index (χ3v) is 8.51. The molecular weight excluding hydrogens is 502 g/mol. The van der Waals surface area contributed by atoms with Crippen LogP contribution in [0.25, 0.3) is 33.7 Å². The van der Waals surface area contributed by atoms with Gasteiger partial charge in [-0.3, -0.25) is 4.68 Å². The van der Waals surface area contributed by atoms with E-state index in [9.17, 15) is 8.42 Å². The molecule has 5 heterocycles. The molecule has 1 fully saturated rings. The predicted octanol–water partition coefficient (Wildman–Crippen LogP) is 3.66. The van der Waals surface area contributed by atoms with Crippen molar-refractivity contribution in [3.63, 3.8) is 0 Å². The number of morpholine rings is 1. The van der Waals surface area contributed by atoms with Gasteiger partial charge in [0, 0.05) is 43.1 Å². The van der Waals surface area contributed by atoms with Crippen LogP contribution in [0.4, 0.5) is 5.95 Å². The minimum absolute atomic E-state index is 0.108. The van der Waals surface area contributed by atoms with Gasteiger partial charge in [-0.1, -0.05) is 17.7 Å². The van der Waals surface area contributed by atoms with Gasteiger partial charge >= 0.3 is 0 Å². The molecule has 11 heteroatoms. The Labute approximate surface area is 220 Å². The van der Waals surface area contributed by atoms with E-state index in [1.165, 1.54) is 3.97 Å². The molecule has 5 aromatic rings. The van der Waals surface area contributed by atoms with Gasteiger partial charge in [0.25, 0.3) is 10.0 Å². The Morgan fingerprint density at radius 2 is 1.79 bits per heavy atom. The molecule has 0 aliphatic carbocycles. The Hall–Kier alpha value is -4.09. The Morgan fingerprint density at radius 3 is 2.53 bits per heavy atom. The van der Waals surface area contributed by atoms with Crippen molar-refractivity contribution >= 4 is 27.0 Å².